The van der Waals surface area contributed by atoms with Gasteiger partial charge in [0.15, 0.2) is 0 Å². The Bertz CT molecular complexity index is 943. The first kappa shape index (κ1) is 23.8. The summed E-state index contributed by atoms with van der Waals surface area (Å²) in [6.45, 7) is 5.40. The van der Waals surface area contributed by atoms with Crippen molar-refractivity contribution in [3.63, 3.8) is 0 Å². The molecule has 1 aliphatic carbocycles. The lowest BCUT2D eigenvalue weighted by atomic mass is 9.93. The monoisotopic (exact) mass is 450 g/mol. The van der Waals surface area contributed by atoms with Crippen molar-refractivity contribution in [3.05, 3.63) is 29.8 Å². The molecule has 0 radical (unpaired) electrons. The third-order valence-corrected chi connectivity index (χ3v) is 8.34. The molecule has 172 valence electrons. The van der Waals surface area contributed by atoms with Crippen LogP contribution in [0.1, 0.15) is 52.0 Å². The van der Waals surface area contributed by atoms with Crippen LogP contribution in [-0.4, -0.2) is 67.5 Å². The van der Waals surface area contributed by atoms with Crippen LogP contribution in [0.15, 0.2) is 29.2 Å². The van der Waals surface area contributed by atoms with E-state index in [1.54, 1.807) is 24.9 Å². The summed E-state index contributed by atoms with van der Waals surface area (Å²) >= 11 is 0. The van der Waals surface area contributed by atoms with Crippen molar-refractivity contribution in [2.45, 2.75) is 63.5 Å². The zero-order chi connectivity index (χ0) is 22.8. The van der Waals surface area contributed by atoms with E-state index in [1.807, 2.05) is 19.1 Å². The van der Waals surface area contributed by atoms with Crippen LogP contribution in [0.5, 0.6) is 5.75 Å². The van der Waals surface area contributed by atoms with Gasteiger partial charge in [0.2, 0.25) is 15.9 Å². The number of ether oxygens (including phenoxy) is 1. The summed E-state index contributed by atoms with van der Waals surface area (Å²) in [5.74, 6) is 0.0521. The lowest BCUT2D eigenvalue weighted by Crippen LogP contribution is -2.50. The third-order valence-electron chi connectivity index (χ3n) is 6.32. The maximum absolute atomic E-state index is 13.5. The Balaban J connectivity index is 2.09. The normalized spacial score (nSPS) is 24.7. The molecule has 2 aliphatic rings. The van der Waals surface area contributed by atoms with Gasteiger partial charge >= 0.3 is 0 Å². The highest BCUT2D eigenvalue weighted by molar-refractivity contribution is 7.89. The summed E-state index contributed by atoms with van der Waals surface area (Å²) in [4.78, 5) is 13.5. The zero-order valence-electron chi connectivity index (χ0n) is 18.9. The third kappa shape index (κ3) is 5.13. The summed E-state index contributed by atoms with van der Waals surface area (Å²) in [5.41, 5.74) is 2.19. The number of carbonyl (C=O) groups excluding carboxylic acids is 1. The molecule has 8 heteroatoms. The van der Waals surface area contributed by atoms with Gasteiger partial charge < -0.3 is 14.7 Å². The SMILES string of the molecule is CC(=O)N(C)C[C@@H]1Oc2cc(C3=CCCCC3)ccc2S(=O)(=O)N([C@H](C)CO)C[C@@H]1C. The Morgan fingerprint density at radius 2 is 2.10 bits per heavy atom. The summed E-state index contributed by atoms with van der Waals surface area (Å²) in [6.07, 6.45) is 6.11. The van der Waals surface area contributed by atoms with Gasteiger partial charge in [-0.3, -0.25) is 4.79 Å². The molecule has 7 nitrogen and oxygen atoms in total. The largest absolute Gasteiger partial charge is 0.487 e. The second kappa shape index (κ2) is 9.71. The van der Waals surface area contributed by atoms with Crippen molar-refractivity contribution < 1.29 is 23.1 Å². The highest BCUT2D eigenvalue weighted by atomic mass is 32.2. The fourth-order valence-electron chi connectivity index (χ4n) is 4.14. The van der Waals surface area contributed by atoms with Crippen LogP contribution in [0.3, 0.4) is 0 Å². The topological polar surface area (TPSA) is 87.2 Å². The lowest BCUT2D eigenvalue weighted by molar-refractivity contribution is -0.129. The van der Waals surface area contributed by atoms with Gasteiger partial charge in [0.05, 0.1) is 13.2 Å². The van der Waals surface area contributed by atoms with E-state index >= 15 is 0 Å². The van der Waals surface area contributed by atoms with Gasteiger partial charge in [-0.15, -0.1) is 0 Å². The molecule has 1 aromatic carbocycles. The number of carbonyl (C=O) groups is 1. The van der Waals surface area contributed by atoms with Crippen LogP contribution in [-0.2, 0) is 14.8 Å². The minimum absolute atomic E-state index is 0.0765. The number of sulfonamides is 1. The van der Waals surface area contributed by atoms with Crippen molar-refractivity contribution in [2.75, 3.05) is 26.7 Å². The van der Waals surface area contributed by atoms with Crippen LogP contribution in [0.4, 0.5) is 0 Å². The number of hydrogen-bond donors (Lipinski definition) is 1. The standard InChI is InChI=1S/C23H34N2O5S/c1-16-13-25(17(2)15-26)31(28,29)23-11-10-20(19-8-6-5-7-9-19)12-21(23)30-22(16)14-24(4)18(3)27/h8,10-12,16-17,22,26H,5-7,9,13-15H2,1-4H3/t16-,17+,22-/m0/s1. The fourth-order valence-corrected chi connectivity index (χ4v) is 5.97. The Morgan fingerprint density at radius 1 is 1.35 bits per heavy atom. The summed E-state index contributed by atoms with van der Waals surface area (Å²) in [6, 6.07) is 4.73. The van der Waals surface area contributed by atoms with Crippen LogP contribution < -0.4 is 4.74 Å². The molecule has 0 saturated carbocycles. The van der Waals surface area contributed by atoms with Crippen LogP contribution in [0, 0.1) is 5.92 Å². The van der Waals surface area contributed by atoms with Crippen molar-refractivity contribution in [3.8, 4) is 5.75 Å². The molecule has 0 fully saturated rings. The van der Waals surface area contributed by atoms with Gasteiger partial charge in [0.1, 0.15) is 16.7 Å². The van der Waals surface area contributed by atoms with Crippen LogP contribution >= 0.6 is 0 Å². The fraction of sp³-hybridized carbons (Fsp3) is 0.609. The maximum atomic E-state index is 13.5. The number of nitrogens with zero attached hydrogens (tertiary/aromatic N) is 2. The van der Waals surface area contributed by atoms with Crippen LogP contribution in [0.2, 0.25) is 0 Å². The molecule has 0 saturated heterocycles. The highest BCUT2D eigenvalue weighted by Gasteiger charge is 2.38. The zero-order valence-corrected chi connectivity index (χ0v) is 19.7. The predicted octanol–water partition coefficient (Wildman–Crippen LogP) is 2.89. The second-order valence-electron chi connectivity index (χ2n) is 8.78. The van der Waals surface area contributed by atoms with Gasteiger partial charge in [-0.25, -0.2) is 8.42 Å². The minimum Gasteiger partial charge on any atom is -0.487 e. The lowest BCUT2D eigenvalue weighted by Gasteiger charge is -2.37. The smallest absolute Gasteiger partial charge is 0.247 e. The van der Waals surface area contributed by atoms with E-state index in [1.165, 1.54) is 23.2 Å². The number of hydrogen-bond acceptors (Lipinski definition) is 5. The quantitative estimate of drug-likeness (QED) is 0.745. The molecule has 0 unspecified atom stereocenters. The number of likely N-dealkylation sites (N-methyl/N-ethyl adjacent to an activating group) is 1. The van der Waals surface area contributed by atoms with Gasteiger partial charge in [-0.2, -0.15) is 4.31 Å². The molecule has 31 heavy (non-hydrogen) atoms. The van der Waals surface area contributed by atoms with E-state index in [9.17, 15) is 18.3 Å². The van der Waals surface area contributed by atoms with Crippen molar-refractivity contribution in [1.82, 2.24) is 9.21 Å². The summed E-state index contributed by atoms with van der Waals surface area (Å²) in [5, 5.41) is 9.72. The first-order chi connectivity index (χ1) is 14.6. The Kier molecular flexibility index (Phi) is 7.44. The average Bonchev–Trinajstić information content (AvgIpc) is 2.75. The molecule has 1 N–H and O–H groups in total. The molecule has 1 heterocycles. The molecular formula is C23H34N2O5S. The Morgan fingerprint density at radius 3 is 2.71 bits per heavy atom. The Labute approximate surface area is 185 Å². The van der Waals surface area contributed by atoms with E-state index in [4.69, 9.17) is 4.74 Å². The van der Waals surface area contributed by atoms with E-state index in [0.29, 0.717) is 12.3 Å². The summed E-state index contributed by atoms with van der Waals surface area (Å²) in [7, 11) is -2.14. The second-order valence-corrected chi connectivity index (χ2v) is 10.6. The molecule has 1 aliphatic heterocycles. The average molecular weight is 451 g/mol. The van der Waals surface area contributed by atoms with Gasteiger partial charge in [0, 0.05) is 32.5 Å². The molecule has 1 amide bonds. The molecular weight excluding hydrogens is 416 g/mol. The first-order valence-corrected chi connectivity index (χ1v) is 12.4. The van der Waals surface area contributed by atoms with Crippen molar-refractivity contribution in [2.24, 2.45) is 5.92 Å². The number of amides is 1. The molecule has 0 aromatic heterocycles. The van der Waals surface area contributed by atoms with E-state index < -0.39 is 16.1 Å². The van der Waals surface area contributed by atoms with Gasteiger partial charge in [-0.05, 0) is 55.9 Å². The molecule has 1 aromatic rings. The van der Waals surface area contributed by atoms with E-state index in [-0.39, 0.29) is 36.0 Å². The number of rotatable bonds is 5. The summed E-state index contributed by atoms with van der Waals surface area (Å²) < 4.78 is 34.7. The predicted molar refractivity (Wildman–Crippen MR) is 120 cm³/mol. The number of allylic oxidation sites excluding steroid dienone is 2. The number of fused-ring (bicyclic) bond motifs is 1. The van der Waals surface area contributed by atoms with Gasteiger partial charge in [-0.1, -0.05) is 19.1 Å². The van der Waals surface area contributed by atoms with Crippen LogP contribution in [0.25, 0.3) is 5.57 Å². The molecule has 0 spiro atoms. The number of aliphatic hydroxyl groups is 1. The number of benzene rings is 1. The molecule has 3 rings (SSSR count). The van der Waals surface area contributed by atoms with E-state index in [2.05, 4.69) is 6.08 Å². The molecule has 0 bridgehead atoms. The maximum Gasteiger partial charge on any atom is 0.247 e. The van der Waals surface area contributed by atoms with Crippen molar-refractivity contribution >= 4 is 21.5 Å². The first-order valence-electron chi connectivity index (χ1n) is 11.0. The van der Waals surface area contributed by atoms with Crippen molar-refractivity contribution in [1.29, 1.82) is 0 Å². The van der Waals surface area contributed by atoms with Gasteiger partial charge in [0.25, 0.3) is 0 Å². The highest BCUT2D eigenvalue weighted by Crippen LogP contribution is 2.37. The Hall–Kier alpha value is -1.90. The van der Waals surface area contributed by atoms with E-state index in [0.717, 1.165) is 24.8 Å². The molecule has 3 atom stereocenters. The number of aliphatic hydroxyl groups excluding tert-OH is 1. The minimum atomic E-state index is -3.85.